The molecule has 0 fully saturated rings. The Morgan fingerprint density at radius 3 is 2.89 bits per heavy atom. The molecule has 2 aromatic heterocycles. The van der Waals surface area contributed by atoms with Gasteiger partial charge in [-0.05, 0) is 36.2 Å². The number of fused-ring (bicyclic) bond motifs is 3. The van der Waals surface area contributed by atoms with E-state index in [1.807, 2.05) is 31.3 Å². The number of nitrogens with two attached hydrogens (primary N) is 1. The summed E-state index contributed by atoms with van der Waals surface area (Å²) in [5.41, 5.74) is 12.8. The van der Waals surface area contributed by atoms with Gasteiger partial charge in [-0.1, -0.05) is 0 Å². The number of aliphatic hydroxyl groups is 1. The molecule has 0 bridgehead atoms. The van der Waals surface area contributed by atoms with Gasteiger partial charge in [-0.15, -0.1) is 0 Å². The van der Waals surface area contributed by atoms with Gasteiger partial charge in [-0.2, -0.15) is 10.4 Å². The second-order valence-corrected chi connectivity index (χ2v) is 6.50. The minimum atomic E-state index is -0.00645. The third-order valence-corrected chi connectivity index (χ3v) is 4.92. The van der Waals surface area contributed by atoms with Crippen LogP contribution in [0.4, 0.5) is 5.82 Å². The number of anilines is 1. The fraction of sp³-hybridized carbons (Fsp3) is 0.250. The van der Waals surface area contributed by atoms with Crippen molar-refractivity contribution in [1.29, 1.82) is 5.26 Å². The fourth-order valence-electron chi connectivity index (χ4n) is 3.69. The van der Waals surface area contributed by atoms with Crippen LogP contribution in [0.3, 0.4) is 0 Å². The number of nitrogens with zero attached hydrogens (tertiary/aromatic N) is 4. The van der Waals surface area contributed by atoms with E-state index in [2.05, 4.69) is 16.2 Å². The van der Waals surface area contributed by atoms with Crippen LogP contribution in [0.5, 0.6) is 5.75 Å². The van der Waals surface area contributed by atoms with Crippen LogP contribution in [0.15, 0.2) is 24.4 Å². The van der Waals surface area contributed by atoms with Gasteiger partial charge in [0.2, 0.25) is 0 Å². The zero-order valence-corrected chi connectivity index (χ0v) is 15.2. The topological polar surface area (TPSA) is 110 Å². The molecule has 1 aliphatic carbocycles. The second-order valence-electron chi connectivity index (χ2n) is 6.50. The first-order chi connectivity index (χ1) is 13.1. The highest BCUT2D eigenvalue weighted by molar-refractivity contribution is 5.89. The van der Waals surface area contributed by atoms with Gasteiger partial charge in [-0.3, -0.25) is 4.68 Å². The van der Waals surface area contributed by atoms with E-state index in [1.165, 1.54) is 0 Å². The summed E-state index contributed by atoms with van der Waals surface area (Å²) in [5, 5.41) is 23.4. The van der Waals surface area contributed by atoms with Crippen molar-refractivity contribution < 1.29 is 9.84 Å². The largest absolute Gasteiger partial charge is 0.497 e. The molecule has 7 heteroatoms. The lowest BCUT2D eigenvalue weighted by Crippen LogP contribution is -2.03. The van der Waals surface area contributed by atoms with Crippen molar-refractivity contribution in [3.63, 3.8) is 0 Å². The summed E-state index contributed by atoms with van der Waals surface area (Å²) in [6.45, 7) is 2.27. The molecule has 0 amide bonds. The molecule has 136 valence electrons. The Morgan fingerprint density at radius 1 is 1.37 bits per heavy atom. The summed E-state index contributed by atoms with van der Waals surface area (Å²) in [5.74, 6) is 0.993. The van der Waals surface area contributed by atoms with Crippen molar-refractivity contribution in [2.75, 3.05) is 19.5 Å². The molecule has 0 radical (unpaired) electrons. The monoisotopic (exact) mass is 361 g/mol. The first kappa shape index (κ1) is 17.1. The number of benzene rings is 1. The first-order valence-corrected chi connectivity index (χ1v) is 8.62. The van der Waals surface area contributed by atoms with Crippen molar-refractivity contribution >= 4 is 5.82 Å². The van der Waals surface area contributed by atoms with E-state index in [1.54, 1.807) is 11.8 Å². The number of methoxy groups -OCH3 is 1. The van der Waals surface area contributed by atoms with Crippen molar-refractivity contribution in [3.8, 4) is 34.2 Å². The molecule has 4 rings (SSSR count). The maximum Gasteiger partial charge on any atom is 0.142 e. The van der Waals surface area contributed by atoms with Crippen LogP contribution >= 0.6 is 0 Å². The lowest BCUT2D eigenvalue weighted by atomic mass is 9.94. The van der Waals surface area contributed by atoms with Crippen LogP contribution < -0.4 is 10.5 Å². The van der Waals surface area contributed by atoms with Crippen molar-refractivity contribution in [2.45, 2.75) is 19.9 Å². The van der Waals surface area contributed by atoms with Gasteiger partial charge in [0.15, 0.2) is 0 Å². The fourth-order valence-corrected chi connectivity index (χ4v) is 3.69. The Morgan fingerprint density at radius 2 is 2.19 bits per heavy atom. The number of aliphatic hydroxyl groups excluding tert-OH is 1. The molecular weight excluding hydrogens is 342 g/mol. The number of aromatic nitrogens is 3. The van der Waals surface area contributed by atoms with Crippen molar-refractivity contribution in [1.82, 2.24) is 14.8 Å². The van der Waals surface area contributed by atoms with Crippen molar-refractivity contribution in [2.24, 2.45) is 0 Å². The number of pyridine rings is 1. The van der Waals surface area contributed by atoms with Gasteiger partial charge in [0, 0.05) is 29.3 Å². The van der Waals surface area contributed by atoms with E-state index < -0.39 is 0 Å². The summed E-state index contributed by atoms with van der Waals surface area (Å²) in [7, 11) is 1.64. The van der Waals surface area contributed by atoms with Gasteiger partial charge in [0.05, 0.1) is 31.6 Å². The highest BCUT2D eigenvalue weighted by Gasteiger charge is 2.29. The normalized spacial score (nSPS) is 11.8. The Kier molecular flexibility index (Phi) is 4.05. The van der Waals surface area contributed by atoms with E-state index in [-0.39, 0.29) is 12.4 Å². The molecule has 0 atom stereocenters. The number of nitriles is 1. The average Bonchev–Trinajstić information content (AvgIpc) is 3.20. The molecule has 0 aliphatic heterocycles. The molecule has 27 heavy (non-hydrogen) atoms. The van der Waals surface area contributed by atoms with Gasteiger partial charge in [0.25, 0.3) is 0 Å². The van der Waals surface area contributed by atoms with Crippen LogP contribution in [-0.4, -0.2) is 33.6 Å². The van der Waals surface area contributed by atoms with Crippen LogP contribution in [-0.2, 0) is 13.0 Å². The minimum absolute atomic E-state index is 0.00645. The molecule has 0 spiro atoms. The number of nitrogen functional groups attached to an aromatic ring is 1. The Hall–Kier alpha value is -3.37. The lowest BCUT2D eigenvalue weighted by Gasteiger charge is -2.12. The third-order valence-electron chi connectivity index (χ3n) is 4.92. The van der Waals surface area contributed by atoms with E-state index in [0.29, 0.717) is 18.5 Å². The van der Waals surface area contributed by atoms with Crippen LogP contribution in [0.1, 0.15) is 22.4 Å². The highest BCUT2D eigenvalue weighted by atomic mass is 16.5. The van der Waals surface area contributed by atoms with Gasteiger partial charge < -0.3 is 15.6 Å². The average molecular weight is 361 g/mol. The van der Waals surface area contributed by atoms with Crippen LogP contribution in [0, 0.1) is 18.3 Å². The van der Waals surface area contributed by atoms with E-state index >= 15 is 0 Å². The predicted octanol–water partition coefficient (Wildman–Crippen LogP) is 2.28. The molecular formula is C20H19N5O2. The van der Waals surface area contributed by atoms with Crippen molar-refractivity contribution in [3.05, 3.63) is 46.8 Å². The number of rotatable bonds is 4. The minimum Gasteiger partial charge on any atom is -0.497 e. The van der Waals surface area contributed by atoms with Crippen LogP contribution in [0.2, 0.25) is 0 Å². The molecule has 2 heterocycles. The van der Waals surface area contributed by atoms with E-state index in [0.717, 1.165) is 45.0 Å². The molecule has 7 nitrogen and oxygen atoms in total. The number of ether oxygens (including phenoxy) is 1. The summed E-state index contributed by atoms with van der Waals surface area (Å²) in [6, 6.07) is 8.08. The lowest BCUT2D eigenvalue weighted by molar-refractivity contribution is 0.269. The maximum absolute atomic E-state index is 9.73. The Balaban J connectivity index is 1.97. The number of hydrogen-bond donors (Lipinski definition) is 2. The molecule has 3 aromatic rings. The predicted molar refractivity (Wildman–Crippen MR) is 101 cm³/mol. The molecule has 1 aromatic carbocycles. The summed E-state index contributed by atoms with van der Waals surface area (Å²) in [4.78, 5) is 4.53. The second kappa shape index (κ2) is 6.41. The SMILES string of the molecule is COc1ccc2c(c1)Cc1c-2nc(N)c(C#N)c1-c1cn(CCO)nc1C. The summed E-state index contributed by atoms with van der Waals surface area (Å²) >= 11 is 0. The van der Waals surface area contributed by atoms with Crippen LogP contribution in [0.25, 0.3) is 22.4 Å². The standard InChI is InChI=1S/C20H19N5O2/c1-11-17(10-25(24-11)5-6-26)18-15-8-12-7-13(27-2)3-4-14(12)19(15)23-20(22)16(18)9-21/h3-4,7,10,26H,5-6,8H2,1-2H3,(H2,22,23). The Labute approximate surface area is 156 Å². The zero-order valence-electron chi connectivity index (χ0n) is 15.2. The molecule has 3 N–H and O–H groups in total. The molecule has 0 unspecified atom stereocenters. The first-order valence-electron chi connectivity index (χ1n) is 8.62. The van der Waals surface area contributed by atoms with E-state index in [4.69, 9.17) is 10.5 Å². The highest BCUT2D eigenvalue weighted by Crippen LogP contribution is 2.44. The van der Waals surface area contributed by atoms with Gasteiger partial charge >= 0.3 is 0 Å². The Bertz CT molecular complexity index is 1090. The smallest absolute Gasteiger partial charge is 0.142 e. The summed E-state index contributed by atoms with van der Waals surface area (Å²) < 4.78 is 7.02. The quantitative estimate of drug-likeness (QED) is 0.577. The molecule has 0 saturated carbocycles. The number of aryl methyl sites for hydroxylation is 1. The number of hydrogen-bond acceptors (Lipinski definition) is 6. The maximum atomic E-state index is 9.73. The summed E-state index contributed by atoms with van der Waals surface area (Å²) in [6.07, 6.45) is 2.49. The zero-order chi connectivity index (χ0) is 19.1. The molecule has 0 saturated heterocycles. The van der Waals surface area contributed by atoms with Gasteiger partial charge in [-0.25, -0.2) is 4.98 Å². The van der Waals surface area contributed by atoms with Gasteiger partial charge in [0.1, 0.15) is 23.2 Å². The third kappa shape index (κ3) is 2.62. The van der Waals surface area contributed by atoms with E-state index in [9.17, 15) is 10.4 Å². The molecule has 1 aliphatic rings.